The van der Waals surface area contributed by atoms with Crippen LogP contribution in [0.4, 0.5) is 4.39 Å². The lowest BCUT2D eigenvalue weighted by Gasteiger charge is -2.33. The summed E-state index contributed by atoms with van der Waals surface area (Å²) in [6.45, 7) is 4.14. The van der Waals surface area contributed by atoms with Crippen molar-refractivity contribution in [3.63, 3.8) is 0 Å². The molecule has 0 aliphatic carbocycles. The van der Waals surface area contributed by atoms with Gasteiger partial charge in [0.2, 0.25) is 0 Å². The predicted molar refractivity (Wildman–Crippen MR) is 77.5 cm³/mol. The van der Waals surface area contributed by atoms with Gasteiger partial charge in [-0.1, -0.05) is 6.42 Å². The summed E-state index contributed by atoms with van der Waals surface area (Å²) in [6.07, 6.45) is 4.28. The minimum atomic E-state index is -0.295. The highest BCUT2D eigenvalue weighted by atomic mass is 35.5. The average Bonchev–Trinajstić information content (AvgIpc) is 2.38. The number of likely N-dealkylation sites (tertiary alicyclic amines) is 1. The zero-order valence-corrected chi connectivity index (χ0v) is 12.1. The van der Waals surface area contributed by atoms with Gasteiger partial charge in [-0.2, -0.15) is 0 Å². The molecule has 0 radical (unpaired) electrons. The highest BCUT2D eigenvalue weighted by Gasteiger charge is 2.18. The molecule has 0 aromatic heterocycles. The van der Waals surface area contributed by atoms with E-state index in [1.54, 1.807) is 12.1 Å². The minimum Gasteiger partial charge on any atom is -0.300 e. The van der Waals surface area contributed by atoms with Crippen LogP contribution in [0.2, 0.25) is 0 Å². The Bertz CT molecular complexity index is 407. The summed E-state index contributed by atoms with van der Waals surface area (Å²) in [4.78, 5) is 14.3. The second-order valence-corrected chi connectivity index (χ2v) is 5.06. The lowest BCUT2D eigenvalue weighted by molar-refractivity contribution is 0.0935. The summed E-state index contributed by atoms with van der Waals surface area (Å²) < 4.78 is 12.8. The molecule has 0 bridgehead atoms. The molecule has 1 heterocycles. The Hall–Kier alpha value is -0.930. The Kier molecular flexibility index (Phi) is 6.46. The van der Waals surface area contributed by atoms with Crippen LogP contribution >= 0.6 is 12.4 Å². The van der Waals surface area contributed by atoms with E-state index in [4.69, 9.17) is 0 Å². The standard InChI is InChI=1S/C15H20FNO.ClH/c1-12-4-2-3-10-17(12)11-9-15(18)13-5-7-14(16)8-6-13;/h5-8,12H,2-4,9-11H2,1H3;1H. The lowest BCUT2D eigenvalue weighted by atomic mass is 10.0. The Morgan fingerprint density at radius 2 is 2.00 bits per heavy atom. The fourth-order valence-corrected chi connectivity index (χ4v) is 2.52. The van der Waals surface area contributed by atoms with E-state index in [0.717, 1.165) is 13.1 Å². The minimum absolute atomic E-state index is 0. The first kappa shape index (κ1) is 16.1. The molecule has 2 rings (SSSR count). The van der Waals surface area contributed by atoms with E-state index in [9.17, 15) is 9.18 Å². The third-order valence-corrected chi connectivity index (χ3v) is 3.73. The molecule has 1 aliphatic heterocycles. The van der Waals surface area contributed by atoms with Crippen molar-refractivity contribution in [2.45, 2.75) is 38.6 Å². The quantitative estimate of drug-likeness (QED) is 0.786. The SMILES string of the molecule is CC1CCCCN1CCC(=O)c1ccc(F)cc1.Cl. The lowest BCUT2D eigenvalue weighted by Crippen LogP contribution is -2.38. The number of rotatable bonds is 4. The molecule has 1 atom stereocenters. The third kappa shape index (κ3) is 4.59. The van der Waals surface area contributed by atoms with E-state index < -0.39 is 0 Å². The second-order valence-electron chi connectivity index (χ2n) is 5.06. The van der Waals surface area contributed by atoms with Crippen molar-refractivity contribution in [2.75, 3.05) is 13.1 Å². The smallest absolute Gasteiger partial charge is 0.164 e. The Morgan fingerprint density at radius 3 is 2.63 bits per heavy atom. The van der Waals surface area contributed by atoms with Crippen molar-refractivity contribution in [3.05, 3.63) is 35.6 Å². The number of benzene rings is 1. The molecular weight excluding hydrogens is 265 g/mol. The van der Waals surface area contributed by atoms with Crippen LogP contribution in [0.15, 0.2) is 24.3 Å². The molecule has 1 unspecified atom stereocenters. The summed E-state index contributed by atoms with van der Waals surface area (Å²) in [5.74, 6) is -0.191. The molecule has 1 saturated heterocycles. The number of hydrogen-bond donors (Lipinski definition) is 0. The first-order valence-electron chi connectivity index (χ1n) is 6.69. The number of nitrogens with zero attached hydrogens (tertiary/aromatic N) is 1. The van der Waals surface area contributed by atoms with Gasteiger partial charge in [-0.05, 0) is 50.6 Å². The van der Waals surface area contributed by atoms with Crippen LogP contribution in [-0.2, 0) is 0 Å². The number of piperidine rings is 1. The Morgan fingerprint density at radius 1 is 1.32 bits per heavy atom. The van der Waals surface area contributed by atoms with E-state index in [-0.39, 0.29) is 24.0 Å². The number of Topliss-reactive ketones (excluding diaryl/α,β-unsaturated/α-hetero) is 1. The van der Waals surface area contributed by atoms with Crippen LogP contribution in [0.25, 0.3) is 0 Å². The highest BCUT2D eigenvalue weighted by Crippen LogP contribution is 2.17. The molecule has 19 heavy (non-hydrogen) atoms. The van der Waals surface area contributed by atoms with Crippen molar-refractivity contribution in [3.8, 4) is 0 Å². The number of carbonyl (C=O) groups is 1. The number of hydrogen-bond acceptors (Lipinski definition) is 2. The molecule has 1 fully saturated rings. The fourth-order valence-electron chi connectivity index (χ4n) is 2.52. The largest absolute Gasteiger partial charge is 0.300 e. The molecule has 4 heteroatoms. The molecule has 0 spiro atoms. The van der Waals surface area contributed by atoms with Crippen LogP contribution in [0.5, 0.6) is 0 Å². The first-order chi connectivity index (χ1) is 8.66. The second kappa shape index (κ2) is 7.61. The molecule has 106 valence electrons. The van der Waals surface area contributed by atoms with Crippen molar-refractivity contribution in [1.29, 1.82) is 0 Å². The third-order valence-electron chi connectivity index (χ3n) is 3.73. The van der Waals surface area contributed by atoms with Crippen LogP contribution < -0.4 is 0 Å². The summed E-state index contributed by atoms with van der Waals surface area (Å²) >= 11 is 0. The van der Waals surface area contributed by atoms with Gasteiger partial charge in [0.05, 0.1) is 0 Å². The summed E-state index contributed by atoms with van der Waals surface area (Å²) in [5.41, 5.74) is 0.612. The van der Waals surface area contributed by atoms with Gasteiger partial charge < -0.3 is 4.90 Å². The molecule has 0 N–H and O–H groups in total. The maximum atomic E-state index is 12.8. The molecule has 1 aromatic rings. The number of halogens is 2. The zero-order chi connectivity index (χ0) is 13.0. The number of ketones is 1. The highest BCUT2D eigenvalue weighted by molar-refractivity contribution is 5.96. The summed E-state index contributed by atoms with van der Waals surface area (Å²) in [6, 6.07) is 6.40. The molecule has 0 saturated carbocycles. The van der Waals surface area contributed by atoms with E-state index in [1.165, 1.54) is 31.4 Å². The van der Waals surface area contributed by atoms with Crippen molar-refractivity contribution in [2.24, 2.45) is 0 Å². The number of carbonyl (C=O) groups excluding carboxylic acids is 1. The van der Waals surface area contributed by atoms with Gasteiger partial charge in [0.1, 0.15) is 5.82 Å². The molecule has 0 amide bonds. The van der Waals surface area contributed by atoms with Gasteiger partial charge >= 0.3 is 0 Å². The summed E-state index contributed by atoms with van der Waals surface area (Å²) in [7, 11) is 0. The topological polar surface area (TPSA) is 20.3 Å². The van der Waals surface area contributed by atoms with E-state index in [2.05, 4.69) is 11.8 Å². The molecule has 1 aliphatic rings. The van der Waals surface area contributed by atoms with Crippen LogP contribution in [0.1, 0.15) is 43.0 Å². The molecule has 1 aromatic carbocycles. The van der Waals surface area contributed by atoms with E-state index >= 15 is 0 Å². The van der Waals surface area contributed by atoms with Crippen molar-refractivity contribution in [1.82, 2.24) is 4.90 Å². The van der Waals surface area contributed by atoms with E-state index in [0.29, 0.717) is 18.0 Å². The fraction of sp³-hybridized carbons (Fsp3) is 0.533. The monoisotopic (exact) mass is 285 g/mol. The zero-order valence-electron chi connectivity index (χ0n) is 11.3. The Balaban J connectivity index is 0.00000180. The predicted octanol–water partition coefficient (Wildman–Crippen LogP) is 3.69. The van der Waals surface area contributed by atoms with Crippen LogP contribution in [-0.4, -0.2) is 29.8 Å². The first-order valence-corrected chi connectivity index (χ1v) is 6.69. The van der Waals surface area contributed by atoms with E-state index in [1.807, 2.05) is 0 Å². The van der Waals surface area contributed by atoms with Gasteiger partial charge in [-0.3, -0.25) is 4.79 Å². The normalized spacial score (nSPS) is 19.8. The maximum Gasteiger partial charge on any atom is 0.164 e. The summed E-state index contributed by atoms with van der Waals surface area (Å²) in [5, 5.41) is 0. The van der Waals surface area contributed by atoms with Crippen LogP contribution in [0, 0.1) is 5.82 Å². The molecular formula is C15H21ClFNO. The van der Waals surface area contributed by atoms with Gasteiger partial charge in [-0.25, -0.2) is 4.39 Å². The van der Waals surface area contributed by atoms with Crippen molar-refractivity contribution >= 4 is 18.2 Å². The molecule has 2 nitrogen and oxygen atoms in total. The van der Waals surface area contributed by atoms with Gasteiger partial charge in [-0.15, -0.1) is 12.4 Å². The average molecular weight is 286 g/mol. The van der Waals surface area contributed by atoms with Crippen molar-refractivity contribution < 1.29 is 9.18 Å². The van der Waals surface area contributed by atoms with Gasteiger partial charge in [0.25, 0.3) is 0 Å². The maximum absolute atomic E-state index is 12.8. The Labute approximate surface area is 120 Å². The van der Waals surface area contributed by atoms with Crippen LogP contribution in [0.3, 0.4) is 0 Å². The van der Waals surface area contributed by atoms with Gasteiger partial charge in [0, 0.05) is 24.6 Å². The van der Waals surface area contributed by atoms with Gasteiger partial charge in [0.15, 0.2) is 5.78 Å².